The molecule has 0 unspecified atom stereocenters. The van der Waals surface area contributed by atoms with Crippen molar-refractivity contribution in [2.45, 2.75) is 13.8 Å². The van der Waals surface area contributed by atoms with Crippen LogP contribution >= 0.6 is 0 Å². The molecule has 2 rings (SSSR count). The number of anilines is 1. The molecule has 0 saturated carbocycles. The Bertz CT molecular complexity index is 722. The van der Waals surface area contributed by atoms with Crippen LogP contribution in [-0.4, -0.2) is 17.7 Å². The SMILES string of the molecule is CC(=O)Nc1ccc(C(=O)NNC(=O)c2ccc(C)cc2)cc1. The van der Waals surface area contributed by atoms with Crippen LogP contribution in [0.4, 0.5) is 5.69 Å². The summed E-state index contributed by atoms with van der Waals surface area (Å²) in [5.74, 6) is -1.03. The monoisotopic (exact) mass is 311 g/mol. The number of aryl methyl sites for hydroxylation is 1. The molecule has 0 spiro atoms. The Kier molecular flexibility index (Phi) is 5.09. The molecular weight excluding hydrogens is 294 g/mol. The molecule has 0 aliphatic heterocycles. The number of hydrazine groups is 1. The highest BCUT2D eigenvalue weighted by Crippen LogP contribution is 2.09. The minimum atomic E-state index is -0.445. The average molecular weight is 311 g/mol. The summed E-state index contributed by atoms with van der Waals surface area (Å²) >= 11 is 0. The third-order valence-electron chi connectivity index (χ3n) is 3.07. The van der Waals surface area contributed by atoms with Crippen molar-refractivity contribution in [2.75, 3.05) is 5.32 Å². The number of amides is 3. The lowest BCUT2D eigenvalue weighted by molar-refractivity contribution is -0.114. The predicted molar refractivity (Wildman–Crippen MR) is 86.9 cm³/mol. The van der Waals surface area contributed by atoms with E-state index in [9.17, 15) is 14.4 Å². The van der Waals surface area contributed by atoms with Gasteiger partial charge < -0.3 is 5.32 Å². The fourth-order valence-corrected chi connectivity index (χ4v) is 1.87. The third-order valence-corrected chi connectivity index (χ3v) is 3.07. The first kappa shape index (κ1) is 16.2. The zero-order valence-electron chi connectivity index (χ0n) is 12.8. The zero-order valence-corrected chi connectivity index (χ0v) is 12.8. The van der Waals surface area contributed by atoms with E-state index < -0.39 is 11.8 Å². The normalized spacial score (nSPS) is 9.83. The van der Waals surface area contributed by atoms with E-state index in [0.29, 0.717) is 16.8 Å². The van der Waals surface area contributed by atoms with E-state index in [2.05, 4.69) is 16.2 Å². The highest BCUT2D eigenvalue weighted by molar-refractivity contribution is 5.99. The van der Waals surface area contributed by atoms with Gasteiger partial charge in [-0.05, 0) is 43.3 Å². The van der Waals surface area contributed by atoms with Crippen molar-refractivity contribution in [2.24, 2.45) is 0 Å². The average Bonchev–Trinajstić information content (AvgIpc) is 2.53. The molecule has 0 saturated heterocycles. The van der Waals surface area contributed by atoms with Gasteiger partial charge in [-0.1, -0.05) is 17.7 Å². The molecule has 2 aromatic carbocycles. The van der Waals surface area contributed by atoms with E-state index in [1.807, 2.05) is 19.1 Å². The standard InChI is InChI=1S/C17H17N3O3/c1-11-3-5-13(6-4-11)16(22)19-20-17(23)14-7-9-15(10-8-14)18-12(2)21/h3-10H,1-2H3,(H,18,21)(H,19,22)(H,20,23). The van der Waals surface area contributed by atoms with Crippen LogP contribution in [0.25, 0.3) is 0 Å². The van der Waals surface area contributed by atoms with Crippen molar-refractivity contribution in [1.82, 2.24) is 10.9 Å². The molecule has 0 heterocycles. The first-order chi connectivity index (χ1) is 11.0. The summed E-state index contributed by atoms with van der Waals surface area (Å²) in [6, 6.07) is 13.3. The van der Waals surface area contributed by atoms with Gasteiger partial charge in [0, 0.05) is 23.7 Å². The molecule has 0 aromatic heterocycles. The summed E-state index contributed by atoms with van der Waals surface area (Å²) in [6.45, 7) is 3.33. The van der Waals surface area contributed by atoms with Gasteiger partial charge in [0.25, 0.3) is 11.8 Å². The van der Waals surface area contributed by atoms with Crippen LogP contribution < -0.4 is 16.2 Å². The largest absolute Gasteiger partial charge is 0.326 e. The van der Waals surface area contributed by atoms with Gasteiger partial charge in [-0.25, -0.2) is 0 Å². The summed E-state index contributed by atoms with van der Waals surface area (Å²) in [5.41, 5.74) is 7.16. The topological polar surface area (TPSA) is 87.3 Å². The molecule has 0 atom stereocenters. The number of nitrogens with one attached hydrogen (secondary N) is 3. The van der Waals surface area contributed by atoms with Gasteiger partial charge in [0.1, 0.15) is 0 Å². The molecule has 2 aromatic rings. The number of hydrogen-bond acceptors (Lipinski definition) is 3. The van der Waals surface area contributed by atoms with E-state index in [0.717, 1.165) is 5.56 Å². The van der Waals surface area contributed by atoms with Gasteiger partial charge in [0.15, 0.2) is 0 Å². The summed E-state index contributed by atoms with van der Waals surface area (Å²) < 4.78 is 0. The number of carbonyl (C=O) groups is 3. The van der Waals surface area contributed by atoms with E-state index in [4.69, 9.17) is 0 Å². The van der Waals surface area contributed by atoms with Crippen molar-refractivity contribution >= 4 is 23.4 Å². The Morgan fingerprint density at radius 1 is 0.739 bits per heavy atom. The zero-order chi connectivity index (χ0) is 16.8. The van der Waals surface area contributed by atoms with Crippen LogP contribution in [0.5, 0.6) is 0 Å². The minimum Gasteiger partial charge on any atom is -0.326 e. The van der Waals surface area contributed by atoms with Crippen molar-refractivity contribution in [3.05, 3.63) is 65.2 Å². The van der Waals surface area contributed by atoms with Crippen LogP contribution in [0, 0.1) is 6.92 Å². The Morgan fingerprint density at radius 3 is 1.61 bits per heavy atom. The second kappa shape index (κ2) is 7.22. The number of hydrogen-bond donors (Lipinski definition) is 3. The second-order valence-corrected chi connectivity index (χ2v) is 5.03. The van der Waals surface area contributed by atoms with E-state index in [1.165, 1.54) is 6.92 Å². The van der Waals surface area contributed by atoms with Crippen LogP contribution in [0.15, 0.2) is 48.5 Å². The van der Waals surface area contributed by atoms with Gasteiger partial charge in [0.2, 0.25) is 5.91 Å². The van der Waals surface area contributed by atoms with Crippen LogP contribution in [-0.2, 0) is 4.79 Å². The maximum Gasteiger partial charge on any atom is 0.269 e. The fraction of sp³-hybridized carbons (Fsp3) is 0.118. The quantitative estimate of drug-likeness (QED) is 0.758. The molecule has 0 fully saturated rings. The predicted octanol–water partition coefficient (Wildman–Crippen LogP) is 2.03. The Morgan fingerprint density at radius 2 is 1.17 bits per heavy atom. The number of rotatable bonds is 3. The number of benzene rings is 2. The van der Waals surface area contributed by atoms with Crippen molar-refractivity contribution in [1.29, 1.82) is 0 Å². The molecule has 3 N–H and O–H groups in total. The van der Waals surface area contributed by atoms with Gasteiger partial charge in [-0.2, -0.15) is 0 Å². The summed E-state index contributed by atoms with van der Waals surface area (Å²) in [5, 5.41) is 2.61. The van der Waals surface area contributed by atoms with E-state index in [-0.39, 0.29) is 5.91 Å². The lowest BCUT2D eigenvalue weighted by Gasteiger charge is -2.08. The highest BCUT2D eigenvalue weighted by Gasteiger charge is 2.09. The molecule has 0 radical (unpaired) electrons. The fourth-order valence-electron chi connectivity index (χ4n) is 1.87. The second-order valence-electron chi connectivity index (χ2n) is 5.03. The molecule has 0 aliphatic rings. The molecular formula is C17H17N3O3. The van der Waals surface area contributed by atoms with Crippen molar-refractivity contribution in [3.8, 4) is 0 Å². The Balaban J connectivity index is 1.92. The van der Waals surface area contributed by atoms with E-state index >= 15 is 0 Å². The summed E-state index contributed by atoms with van der Waals surface area (Å²) in [6.07, 6.45) is 0. The molecule has 6 nitrogen and oxygen atoms in total. The third kappa shape index (κ3) is 4.67. The smallest absolute Gasteiger partial charge is 0.269 e. The first-order valence-corrected chi connectivity index (χ1v) is 7.01. The lowest BCUT2D eigenvalue weighted by atomic mass is 10.1. The molecule has 0 bridgehead atoms. The maximum absolute atomic E-state index is 12.0. The van der Waals surface area contributed by atoms with Gasteiger partial charge in [-0.3, -0.25) is 25.2 Å². The lowest BCUT2D eigenvalue weighted by Crippen LogP contribution is -2.41. The van der Waals surface area contributed by atoms with Crippen molar-refractivity contribution < 1.29 is 14.4 Å². The van der Waals surface area contributed by atoms with Crippen LogP contribution in [0.1, 0.15) is 33.2 Å². The first-order valence-electron chi connectivity index (χ1n) is 7.01. The molecule has 3 amide bonds. The van der Waals surface area contributed by atoms with Gasteiger partial charge in [0.05, 0.1) is 0 Å². The van der Waals surface area contributed by atoms with Crippen LogP contribution in [0.3, 0.4) is 0 Å². The van der Waals surface area contributed by atoms with Gasteiger partial charge >= 0.3 is 0 Å². The maximum atomic E-state index is 12.0. The highest BCUT2D eigenvalue weighted by atomic mass is 16.2. The molecule has 6 heteroatoms. The summed E-state index contributed by atoms with van der Waals surface area (Å²) in [7, 11) is 0. The molecule has 0 aliphatic carbocycles. The molecule has 118 valence electrons. The van der Waals surface area contributed by atoms with Crippen molar-refractivity contribution in [3.63, 3.8) is 0 Å². The van der Waals surface area contributed by atoms with Crippen LogP contribution in [0.2, 0.25) is 0 Å². The molecule has 23 heavy (non-hydrogen) atoms. The number of carbonyl (C=O) groups excluding carboxylic acids is 3. The van der Waals surface area contributed by atoms with E-state index in [1.54, 1.807) is 36.4 Å². The van der Waals surface area contributed by atoms with Gasteiger partial charge in [-0.15, -0.1) is 0 Å². The minimum absolute atomic E-state index is 0.187. The Hall–Kier alpha value is -3.15. The Labute approximate surface area is 133 Å². The summed E-state index contributed by atoms with van der Waals surface area (Å²) in [4.78, 5) is 34.8.